The fourth-order valence-corrected chi connectivity index (χ4v) is 4.36. The van der Waals surface area contributed by atoms with Gasteiger partial charge in [0.05, 0.1) is 5.56 Å². The molecule has 1 N–H and O–H groups in total. The summed E-state index contributed by atoms with van der Waals surface area (Å²) >= 11 is 1.37. The summed E-state index contributed by atoms with van der Waals surface area (Å²) < 4.78 is 31.3. The molecule has 1 aliphatic heterocycles. The number of nitrogens with zero attached hydrogens (tertiary/aromatic N) is 5. The number of halogens is 2. The molecule has 0 aliphatic carbocycles. The van der Waals surface area contributed by atoms with Crippen molar-refractivity contribution in [2.45, 2.75) is 23.3 Å². The molecule has 1 saturated heterocycles. The molecule has 1 aromatic carbocycles. The molecule has 0 saturated carbocycles. The number of benzene rings is 1. The van der Waals surface area contributed by atoms with Crippen LogP contribution in [0.2, 0.25) is 0 Å². The van der Waals surface area contributed by atoms with E-state index in [1.54, 1.807) is 12.4 Å². The van der Waals surface area contributed by atoms with Gasteiger partial charge in [-0.2, -0.15) is 19.3 Å². The number of nitriles is 2. The van der Waals surface area contributed by atoms with Crippen LogP contribution in [0.4, 0.5) is 14.6 Å². The number of aliphatic hydroxyl groups is 1. The minimum absolute atomic E-state index is 0.150. The SMILES string of the molecule is N#Cc1c(SCc2cccnc2)nc(N2CCC2)c(C#N)c1-c1ccc(OC(F)(F)CO)cc1. The van der Waals surface area contributed by atoms with Gasteiger partial charge >= 0.3 is 6.11 Å². The Balaban J connectivity index is 1.78. The Kier molecular flexibility index (Phi) is 6.92. The van der Waals surface area contributed by atoms with Gasteiger partial charge in [-0.05, 0) is 35.7 Å². The number of hydrogen-bond donors (Lipinski definition) is 1. The maximum atomic E-state index is 13.4. The molecule has 7 nitrogen and oxygen atoms in total. The Morgan fingerprint density at radius 3 is 2.41 bits per heavy atom. The quantitative estimate of drug-likeness (QED) is 0.475. The molecule has 172 valence electrons. The number of thioether (sulfide) groups is 1. The molecule has 34 heavy (non-hydrogen) atoms. The normalized spacial score (nSPS) is 13.0. The number of ether oxygens (including phenoxy) is 1. The summed E-state index contributed by atoms with van der Waals surface area (Å²) in [5.74, 6) is 0.884. The molecule has 10 heteroatoms. The monoisotopic (exact) mass is 479 g/mol. The summed E-state index contributed by atoms with van der Waals surface area (Å²) in [5.41, 5.74) is 2.36. The fourth-order valence-electron chi connectivity index (χ4n) is 3.44. The van der Waals surface area contributed by atoms with Crippen LogP contribution >= 0.6 is 11.8 Å². The van der Waals surface area contributed by atoms with Gasteiger partial charge in [0.2, 0.25) is 0 Å². The Morgan fingerprint density at radius 2 is 1.85 bits per heavy atom. The zero-order valence-corrected chi connectivity index (χ0v) is 18.7. The highest BCUT2D eigenvalue weighted by molar-refractivity contribution is 7.98. The number of anilines is 1. The van der Waals surface area contributed by atoms with Crippen LogP contribution in [-0.2, 0) is 5.75 Å². The molecule has 3 aromatic rings. The highest BCUT2D eigenvalue weighted by atomic mass is 32.2. The fraction of sp³-hybridized carbons (Fsp3) is 0.250. The molecule has 0 bridgehead atoms. The third kappa shape index (κ3) is 4.93. The molecular weight excluding hydrogens is 460 g/mol. The van der Waals surface area contributed by atoms with Gasteiger partial charge in [0.25, 0.3) is 0 Å². The van der Waals surface area contributed by atoms with Gasteiger partial charge in [-0.15, -0.1) is 11.8 Å². The van der Waals surface area contributed by atoms with Crippen molar-refractivity contribution in [3.63, 3.8) is 0 Å². The smallest absolute Gasteiger partial charge is 0.421 e. The lowest BCUT2D eigenvalue weighted by molar-refractivity contribution is -0.200. The predicted molar refractivity (Wildman–Crippen MR) is 122 cm³/mol. The lowest BCUT2D eigenvalue weighted by atomic mass is 9.96. The van der Waals surface area contributed by atoms with E-state index < -0.39 is 12.7 Å². The minimum atomic E-state index is -3.71. The van der Waals surface area contributed by atoms with Crippen LogP contribution in [0.1, 0.15) is 23.1 Å². The summed E-state index contributed by atoms with van der Waals surface area (Å²) in [5, 5.41) is 29.2. The first kappa shape index (κ1) is 23.4. The second kappa shape index (κ2) is 10.0. The lowest BCUT2D eigenvalue weighted by Gasteiger charge is -2.33. The highest BCUT2D eigenvalue weighted by Crippen LogP contribution is 2.40. The van der Waals surface area contributed by atoms with E-state index in [0.29, 0.717) is 27.7 Å². The van der Waals surface area contributed by atoms with Crippen LogP contribution in [0, 0.1) is 22.7 Å². The molecule has 0 amide bonds. The van der Waals surface area contributed by atoms with Gasteiger partial charge in [-0.3, -0.25) is 4.98 Å². The highest BCUT2D eigenvalue weighted by Gasteiger charge is 2.31. The van der Waals surface area contributed by atoms with Crippen LogP contribution in [0.3, 0.4) is 0 Å². The van der Waals surface area contributed by atoms with E-state index in [2.05, 4.69) is 26.8 Å². The molecule has 0 atom stereocenters. The first-order valence-electron chi connectivity index (χ1n) is 10.4. The summed E-state index contributed by atoms with van der Waals surface area (Å²) in [6.07, 6.45) is 0.680. The van der Waals surface area contributed by atoms with Gasteiger partial charge in [0.15, 0.2) is 0 Å². The maximum Gasteiger partial charge on any atom is 0.421 e. The second-order valence-electron chi connectivity index (χ2n) is 7.50. The standard InChI is InChI=1S/C24H19F2N5O2S/c25-24(26,15-32)33-18-6-4-17(5-7-18)21-19(11-27)22(31-9-2-10-31)30-23(20(21)12-28)34-14-16-3-1-8-29-13-16/h1,3-8,13,32H,2,9-10,14-15H2. The predicted octanol–water partition coefficient (Wildman–Crippen LogP) is 4.35. The van der Waals surface area contributed by atoms with Gasteiger partial charge in [0.1, 0.15) is 40.9 Å². The Hall–Kier alpha value is -3.73. The number of pyridine rings is 2. The van der Waals surface area contributed by atoms with Crippen molar-refractivity contribution in [2.75, 3.05) is 24.6 Å². The van der Waals surface area contributed by atoms with Crippen LogP contribution < -0.4 is 9.64 Å². The van der Waals surface area contributed by atoms with Crippen molar-refractivity contribution in [1.82, 2.24) is 9.97 Å². The zero-order chi connectivity index (χ0) is 24.1. The van der Waals surface area contributed by atoms with Crippen molar-refractivity contribution < 1.29 is 18.6 Å². The third-order valence-electron chi connectivity index (χ3n) is 5.22. The lowest BCUT2D eigenvalue weighted by Crippen LogP contribution is -2.38. The number of aliphatic hydroxyl groups excluding tert-OH is 1. The molecule has 4 rings (SSSR count). The number of hydrogen-bond acceptors (Lipinski definition) is 8. The van der Waals surface area contributed by atoms with Crippen molar-refractivity contribution in [3.8, 4) is 29.0 Å². The van der Waals surface area contributed by atoms with E-state index in [4.69, 9.17) is 5.11 Å². The summed E-state index contributed by atoms with van der Waals surface area (Å²) in [6, 6.07) is 13.8. The minimum Gasteiger partial charge on any atom is -0.431 e. The Bertz CT molecular complexity index is 1250. The Morgan fingerprint density at radius 1 is 1.12 bits per heavy atom. The molecular formula is C24H19F2N5O2S. The molecule has 0 radical (unpaired) electrons. The van der Waals surface area contributed by atoms with E-state index in [1.165, 1.54) is 36.0 Å². The number of alkyl halides is 2. The largest absolute Gasteiger partial charge is 0.431 e. The van der Waals surface area contributed by atoms with Crippen LogP contribution in [0.5, 0.6) is 5.75 Å². The van der Waals surface area contributed by atoms with Crippen molar-refractivity contribution in [2.24, 2.45) is 0 Å². The van der Waals surface area contributed by atoms with Crippen LogP contribution in [0.15, 0.2) is 53.8 Å². The summed E-state index contributed by atoms with van der Waals surface area (Å²) in [4.78, 5) is 10.8. The Labute approximate surface area is 199 Å². The first-order chi connectivity index (χ1) is 16.5. The van der Waals surface area contributed by atoms with Crippen molar-refractivity contribution in [3.05, 3.63) is 65.5 Å². The molecule has 1 aliphatic rings. The van der Waals surface area contributed by atoms with E-state index in [-0.39, 0.29) is 16.9 Å². The van der Waals surface area contributed by atoms with Crippen molar-refractivity contribution >= 4 is 17.6 Å². The molecule has 0 unspecified atom stereocenters. The molecule has 0 spiro atoms. The van der Waals surface area contributed by atoms with E-state index in [0.717, 1.165) is 25.1 Å². The molecule has 3 heterocycles. The topological polar surface area (TPSA) is 106 Å². The summed E-state index contributed by atoms with van der Waals surface area (Å²) in [6.45, 7) is 0.0541. The average molecular weight is 480 g/mol. The summed E-state index contributed by atoms with van der Waals surface area (Å²) in [7, 11) is 0. The average Bonchev–Trinajstić information content (AvgIpc) is 2.82. The van der Waals surface area contributed by atoms with Crippen molar-refractivity contribution in [1.29, 1.82) is 10.5 Å². The molecule has 1 fully saturated rings. The van der Waals surface area contributed by atoms with E-state index >= 15 is 0 Å². The maximum absolute atomic E-state index is 13.4. The number of aromatic nitrogens is 2. The second-order valence-corrected chi connectivity index (χ2v) is 8.47. The number of rotatable bonds is 8. The first-order valence-corrected chi connectivity index (χ1v) is 11.4. The van der Waals surface area contributed by atoms with Gasteiger partial charge in [0, 0.05) is 36.8 Å². The molecule has 2 aromatic heterocycles. The van der Waals surface area contributed by atoms with Gasteiger partial charge in [-0.25, -0.2) is 4.98 Å². The van der Waals surface area contributed by atoms with Crippen LogP contribution in [0.25, 0.3) is 11.1 Å². The zero-order valence-electron chi connectivity index (χ0n) is 17.9. The van der Waals surface area contributed by atoms with E-state index in [1.807, 2.05) is 17.0 Å². The van der Waals surface area contributed by atoms with Crippen LogP contribution in [-0.4, -0.2) is 40.9 Å². The van der Waals surface area contributed by atoms with E-state index in [9.17, 15) is 19.3 Å². The van der Waals surface area contributed by atoms with Gasteiger partial charge < -0.3 is 14.7 Å². The van der Waals surface area contributed by atoms with Gasteiger partial charge in [-0.1, -0.05) is 18.2 Å². The third-order valence-corrected chi connectivity index (χ3v) is 6.26.